The number of amides is 2. The fourth-order valence-electron chi connectivity index (χ4n) is 4.21. The minimum Gasteiger partial charge on any atom is -0.494 e. The number of hydrogen-bond acceptors (Lipinski definition) is 5. The highest BCUT2D eigenvalue weighted by Crippen LogP contribution is 2.42. The Morgan fingerprint density at radius 1 is 0.967 bits per heavy atom. The van der Waals surface area contributed by atoms with E-state index in [0.29, 0.717) is 18.2 Å². The molecule has 0 unspecified atom stereocenters. The molecule has 2 heterocycles. The van der Waals surface area contributed by atoms with Crippen molar-refractivity contribution < 1.29 is 19.2 Å². The summed E-state index contributed by atoms with van der Waals surface area (Å²) in [6.07, 6.45) is 0.880. The Balaban J connectivity index is 1.60. The van der Waals surface area contributed by atoms with E-state index in [-0.39, 0.29) is 17.9 Å². The van der Waals surface area contributed by atoms with Gasteiger partial charge in [0.05, 0.1) is 29.9 Å². The lowest BCUT2D eigenvalue weighted by molar-refractivity contribution is -0.126. The number of benzene rings is 2. The number of carbonyl (C=O) groups excluding carboxylic acids is 2. The van der Waals surface area contributed by atoms with Crippen LogP contribution in [0.3, 0.4) is 0 Å². The Hall–Kier alpha value is -2.86. The molecule has 4 rings (SSSR count). The summed E-state index contributed by atoms with van der Waals surface area (Å²) in [5.41, 5.74) is 1.42. The average Bonchev–Trinajstić information content (AvgIpc) is 3.23. The van der Waals surface area contributed by atoms with Gasteiger partial charge < -0.3 is 4.74 Å². The molecule has 2 aromatic rings. The largest absolute Gasteiger partial charge is 0.494 e. The Morgan fingerprint density at radius 2 is 1.67 bits per heavy atom. The molecule has 3 atom stereocenters. The zero-order chi connectivity index (χ0) is 21.3. The summed E-state index contributed by atoms with van der Waals surface area (Å²) >= 11 is 0. The summed E-state index contributed by atoms with van der Waals surface area (Å²) in [7, 11) is 0. The van der Waals surface area contributed by atoms with Crippen molar-refractivity contribution in [3.05, 3.63) is 54.6 Å². The van der Waals surface area contributed by atoms with Crippen molar-refractivity contribution in [3.63, 3.8) is 0 Å². The number of ether oxygens (including phenoxy) is 1. The fourth-order valence-corrected chi connectivity index (χ4v) is 4.21. The highest BCUT2D eigenvalue weighted by molar-refractivity contribution is 6.23. The van der Waals surface area contributed by atoms with E-state index in [4.69, 9.17) is 9.57 Å². The van der Waals surface area contributed by atoms with Gasteiger partial charge in [-0.3, -0.25) is 14.4 Å². The zero-order valence-electron chi connectivity index (χ0n) is 17.7. The van der Waals surface area contributed by atoms with E-state index in [9.17, 15) is 9.59 Å². The third-order valence-electron chi connectivity index (χ3n) is 5.53. The van der Waals surface area contributed by atoms with Crippen molar-refractivity contribution in [2.75, 3.05) is 16.6 Å². The number of carbonyl (C=O) groups is 2. The minimum atomic E-state index is -0.794. The number of anilines is 2. The highest BCUT2D eigenvalue weighted by Gasteiger charge is 2.59. The van der Waals surface area contributed by atoms with E-state index in [1.54, 1.807) is 29.3 Å². The normalized spacial score (nSPS) is 23.4. The van der Waals surface area contributed by atoms with E-state index in [2.05, 4.69) is 13.8 Å². The average molecular weight is 408 g/mol. The number of fused-ring (bicyclic) bond motifs is 1. The van der Waals surface area contributed by atoms with Crippen molar-refractivity contribution in [2.24, 2.45) is 11.8 Å². The molecule has 6 nitrogen and oxygen atoms in total. The number of rotatable bonds is 7. The molecule has 2 aliphatic heterocycles. The van der Waals surface area contributed by atoms with Crippen LogP contribution in [-0.4, -0.2) is 30.6 Å². The molecule has 0 bridgehead atoms. The predicted molar refractivity (Wildman–Crippen MR) is 115 cm³/mol. The summed E-state index contributed by atoms with van der Waals surface area (Å²) in [5.74, 6) is 0.0615. The smallest absolute Gasteiger partial charge is 0.266 e. The first-order valence-electron chi connectivity index (χ1n) is 10.6. The van der Waals surface area contributed by atoms with E-state index in [1.165, 1.54) is 4.90 Å². The van der Waals surface area contributed by atoms with Crippen LogP contribution in [0, 0.1) is 11.8 Å². The van der Waals surface area contributed by atoms with Gasteiger partial charge >= 0.3 is 0 Å². The number of para-hydroxylation sites is 1. The maximum absolute atomic E-state index is 13.4. The molecular weight excluding hydrogens is 380 g/mol. The zero-order valence-corrected chi connectivity index (χ0v) is 17.7. The maximum Gasteiger partial charge on any atom is 0.266 e. The SMILES string of the molecule is CCCOc1ccc(N2C(=O)[C@H]3[C@@H](ON(c4ccccc4)[C@H]3CC(C)C)C2=O)cc1. The molecule has 2 aliphatic rings. The molecule has 0 aromatic heterocycles. The van der Waals surface area contributed by atoms with Gasteiger partial charge in [0.15, 0.2) is 6.10 Å². The standard InChI is InChI=1S/C24H28N2O4/c1-4-14-29-19-12-10-17(11-13-19)25-23(27)21-20(15-16(2)3)26(30-22(21)24(25)28)18-8-6-5-7-9-18/h5-13,16,20-22H,4,14-15H2,1-3H3/t20-,21+,22+/m0/s1. The number of hydroxylamine groups is 1. The molecule has 6 heteroatoms. The first-order valence-corrected chi connectivity index (χ1v) is 10.6. The topological polar surface area (TPSA) is 59.1 Å². The van der Waals surface area contributed by atoms with Crippen LogP contribution in [0.5, 0.6) is 5.75 Å². The molecular formula is C24H28N2O4. The molecule has 0 spiro atoms. The van der Waals surface area contributed by atoms with Gasteiger partial charge in [0.2, 0.25) is 5.91 Å². The van der Waals surface area contributed by atoms with E-state index in [0.717, 1.165) is 24.3 Å². The quantitative estimate of drug-likeness (QED) is 0.643. The van der Waals surface area contributed by atoms with Gasteiger partial charge in [0.25, 0.3) is 5.91 Å². The molecule has 30 heavy (non-hydrogen) atoms. The van der Waals surface area contributed by atoms with Gasteiger partial charge in [-0.1, -0.05) is 39.0 Å². The molecule has 0 N–H and O–H groups in total. The van der Waals surface area contributed by atoms with Gasteiger partial charge in [-0.15, -0.1) is 0 Å². The summed E-state index contributed by atoms with van der Waals surface area (Å²) in [6.45, 7) is 6.90. The first-order chi connectivity index (χ1) is 14.5. The van der Waals surface area contributed by atoms with Gasteiger partial charge in [-0.2, -0.15) is 0 Å². The summed E-state index contributed by atoms with van der Waals surface area (Å²) in [4.78, 5) is 33.9. The van der Waals surface area contributed by atoms with Crippen LogP contribution in [0.4, 0.5) is 11.4 Å². The second-order valence-corrected chi connectivity index (χ2v) is 8.26. The van der Waals surface area contributed by atoms with E-state index in [1.807, 2.05) is 37.3 Å². The Kier molecular flexibility index (Phi) is 5.77. The lowest BCUT2D eigenvalue weighted by Gasteiger charge is -2.29. The van der Waals surface area contributed by atoms with Crippen LogP contribution in [0.25, 0.3) is 0 Å². The fraction of sp³-hybridized carbons (Fsp3) is 0.417. The predicted octanol–water partition coefficient (Wildman–Crippen LogP) is 4.20. The van der Waals surface area contributed by atoms with E-state index >= 15 is 0 Å². The number of nitrogens with zero attached hydrogens (tertiary/aromatic N) is 2. The Labute approximate surface area is 177 Å². The highest BCUT2D eigenvalue weighted by atomic mass is 16.7. The molecule has 0 radical (unpaired) electrons. The van der Waals surface area contributed by atoms with Crippen molar-refractivity contribution in [3.8, 4) is 5.75 Å². The van der Waals surface area contributed by atoms with Crippen LogP contribution in [0.2, 0.25) is 0 Å². The molecule has 2 saturated heterocycles. The third-order valence-corrected chi connectivity index (χ3v) is 5.53. The second-order valence-electron chi connectivity index (χ2n) is 8.26. The molecule has 2 aromatic carbocycles. The van der Waals surface area contributed by atoms with Gasteiger partial charge in [-0.25, -0.2) is 9.96 Å². The third kappa shape index (κ3) is 3.67. The van der Waals surface area contributed by atoms with Crippen molar-refractivity contribution in [1.82, 2.24) is 0 Å². The number of imide groups is 1. The monoisotopic (exact) mass is 408 g/mol. The molecule has 2 amide bonds. The van der Waals surface area contributed by atoms with Crippen LogP contribution >= 0.6 is 0 Å². The van der Waals surface area contributed by atoms with Crippen LogP contribution < -0.4 is 14.7 Å². The second kappa shape index (κ2) is 8.48. The van der Waals surface area contributed by atoms with Crippen LogP contribution in [0.1, 0.15) is 33.6 Å². The Bertz CT molecular complexity index is 897. The number of hydrogen-bond donors (Lipinski definition) is 0. The molecule has 0 aliphatic carbocycles. The van der Waals surface area contributed by atoms with Crippen LogP contribution in [0.15, 0.2) is 54.6 Å². The molecule has 2 fully saturated rings. The minimum absolute atomic E-state index is 0.189. The lowest BCUT2D eigenvalue weighted by atomic mass is 9.90. The molecule has 158 valence electrons. The summed E-state index contributed by atoms with van der Waals surface area (Å²) < 4.78 is 5.61. The van der Waals surface area contributed by atoms with Crippen LogP contribution in [-0.2, 0) is 14.4 Å². The molecule has 0 saturated carbocycles. The van der Waals surface area contributed by atoms with Crippen molar-refractivity contribution >= 4 is 23.2 Å². The summed E-state index contributed by atoms with van der Waals surface area (Å²) in [5, 5.41) is 1.77. The Morgan fingerprint density at radius 3 is 2.30 bits per heavy atom. The summed E-state index contributed by atoms with van der Waals surface area (Å²) in [6, 6.07) is 16.6. The maximum atomic E-state index is 13.4. The van der Waals surface area contributed by atoms with Gasteiger partial charge in [0.1, 0.15) is 5.75 Å². The first kappa shape index (κ1) is 20.4. The van der Waals surface area contributed by atoms with Gasteiger partial charge in [0, 0.05) is 0 Å². The van der Waals surface area contributed by atoms with Crippen molar-refractivity contribution in [2.45, 2.75) is 45.8 Å². The lowest BCUT2D eigenvalue weighted by Crippen LogP contribution is -2.41. The van der Waals surface area contributed by atoms with E-state index < -0.39 is 12.0 Å². The van der Waals surface area contributed by atoms with Crippen molar-refractivity contribution in [1.29, 1.82) is 0 Å². The van der Waals surface area contributed by atoms with Gasteiger partial charge in [-0.05, 0) is 55.2 Å².